The third kappa shape index (κ3) is 1.99. The fourth-order valence-corrected chi connectivity index (χ4v) is 1.55. The molecule has 72 valence electrons. The van der Waals surface area contributed by atoms with Crippen LogP contribution in [-0.4, -0.2) is 16.8 Å². The zero-order valence-electron chi connectivity index (χ0n) is 6.67. The first-order valence-electron chi connectivity index (χ1n) is 3.63. The first kappa shape index (κ1) is 10.4. The molecule has 0 heterocycles. The van der Waals surface area contributed by atoms with Crippen LogP contribution >= 0.6 is 15.9 Å². The number of aliphatic hydroxyl groups is 1. The number of hydrogen-bond donors (Lipinski definition) is 3. The Bertz CT molecular complexity index is 319. The van der Waals surface area contributed by atoms with Crippen molar-refractivity contribution in [3.8, 4) is 5.75 Å². The summed E-state index contributed by atoms with van der Waals surface area (Å²) in [6.45, 7) is -0.0982. The number of rotatable bonds is 2. The predicted octanol–water partition coefficient (Wildman–Crippen LogP) is 1.29. The molecule has 0 aromatic heterocycles. The Morgan fingerprint density at radius 2 is 2.15 bits per heavy atom. The van der Waals surface area contributed by atoms with Gasteiger partial charge in [-0.05, 0) is 12.1 Å². The normalized spacial score (nSPS) is 12.9. The molecule has 0 saturated carbocycles. The van der Waals surface area contributed by atoms with Crippen LogP contribution in [-0.2, 0) is 0 Å². The molecule has 0 bridgehead atoms. The summed E-state index contributed by atoms with van der Waals surface area (Å²) in [7, 11) is 0. The molecule has 0 spiro atoms. The number of phenolic OH excluding ortho intramolecular Hbond substituents is 1. The van der Waals surface area contributed by atoms with Crippen molar-refractivity contribution in [3.63, 3.8) is 0 Å². The summed E-state index contributed by atoms with van der Waals surface area (Å²) >= 11 is 3.06. The van der Waals surface area contributed by atoms with Crippen molar-refractivity contribution in [2.75, 3.05) is 6.54 Å². The van der Waals surface area contributed by atoms with Gasteiger partial charge in [0.15, 0.2) is 11.6 Å². The summed E-state index contributed by atoms with van der Waals surface area (Å²) in [5, 5.41) is 18.3. The zero-order valence-corrected chi connectivity index (χ0v) is 8.25. The van der Waals surface area contributed by atoms with Crippen LogP contribution < -0.4 is 5.73 Å². The molecule has 1 rings (SSSR count). The summed E-state index contributed by atoms with van der Waals surface area (Å²) in [4.78, 5) is 0. The van der Waals surface area contributed by atoms with Crippen LogP contribution in [0.4, 0.5) is 4.39 Å². The maximum absolute atomic E-state index is 13.2. The third-order valence-corrected chi connectivity index (χ3v) is 2.35. The first-order valence-corrected chi connectivity index (χ1v) is 4.42. The van der Waals surface area contributed by atoms with Crippen molar-refractivity contribution in [1.29, 1.82) is 0 Å². The van der Waals surface area contributed by atoms with Gasteiger partial charge in [-0.15, -0.1) is 0 Å². The molecule has 0 aliphatic rings. The molecule has 0 saturated heterocycles. The SMILES string of the molecule is NCC(O)c1c(Br)ccc(O)c1F. The fourth-order valence-electron chi connectivity index (χ4n) is 0.981. The predicted molar refractivity (Wildman–Crippen MR) is 49.8 cm³/mol. The van der Waals surface area contributed by atoms with Crippen molar-refractivity contribution in [1.82, 2.24) is 0 Å². The van der Waals surface area contributed by atoms with Gasteiger partial charge in [-0.25, -0.2) is 4.39 Å². The van der Waals surface area contributed by atoms with E-state index in [4.69, 9.17) is 10.8 Å². The lowest BCUT2D eigenvalue weighted by atomic mass is 10.1. The molecule has 0 amide bonds. The number of phenols is 1. The van der Waals surface area contributed by atoms with Crippen molar-refractivity contribution in [2.24, 2.45) is 5.73 Å². The highest BCUT2D eigenvalue weighted by atomic mass is 79.9. The van der Waals surface area contributed by atoms with Crippen LogP contribution in [0.1, 0.15) is 11.7 Å². The van der Waals surface area contributed by atoms with Crippen LogP contribution in [0.25, 0.3) is 0 Å². The second-order valence-electron chi connectivity index (χ2n) is 2.55. The van der Waals surface area contributed by atoms with E-state index in [0.717, 1.165) is 0 Å². The minimum absolute atomic E-state index is 0.0116. The lowest BCUT2D eigenvalue weighted by molar-refractivity contribution is 0.180. The number of benzene rings is 1. The van der Waals surface area contributed by atoms with E-state index in [1.165, 1.54) is 12.1 Å². The summed E-state index contributed by atoms with van der Waals surface area (Å²) in [6.07, 6.45) is -1.11. The molecule has 0 radical (unpaired) electrons. The summed E-state index contributed by atoms with van der Waals surface area (Å²) in [6, 6.07) is 2.65. The maximum Gasteiger partial charge on any atom is 0.171 e. The quantitative estimate of drug-likeness (QED) is 0.740. The molecular weight excluding hydrogens is 241 g/mol. The van der Waals surface area contributed by atoms with E-state index in [1.807, 2.05) is 0 Å². The Morgan fingerprint density at radius 3 is 2.69 bits per heavy atom. The Hall–Kier alpha value is -0.650. The Morgan fingerprint density at radius 1 is 1.54 bits per heavy atom. The highest BCUT2D eigenvalue weighted by Gasteiger charge is 2.17. The topological polar surface area (TPSA) is 66.5 Å². The molecule has 5 heteroatoms. The second kappa shape index (κ2) is 4.04. The first-order chi connectivity index (χ1) is 6.07. The van der Waals surface area contributed by atoms with Crippen molar-refractivity contribution >= 4 is 15.9 Å². The minimum Gasteiger partial charge on any atom is -0.505 e. The molecule has 4 N–H and O–H groups in total. The number of hydrogen-bond acceptors (Lipinski definition) is 3. The minimum atomic E-state index is -1.11. The average Bonchev–Trinajstić information content (AvgIpc) is 2.12. The molecule has 0 aliphatic carbocycles. The Kier molecular flexibility index (Phi) is 3.24. The van der Waals surface area contributed by atoms with Crippen molar-refractivity contribution in [3.05, 3.63) is 28.0 Å². The highest BCUT2D eigenvalue weighted by molar-refractivity contribution is 9.10. The van der Waals surface area contributed by atoms with E-state index in [0.29, 0.717) is 4.47 Å². The van der Waals surface area contributed by atoms with E-state index in [-0.39, 0.29) is 12.1 Å². The second-order valence-corrected chi connectivity index (χ2v) is 3.40. The van der Waals surface area contributed by atoms with Gasteiger partial charge in [0, 0.05) is 16.6 Å². The Labute approximate surface area is 83.1 Å². The molecule has 1 unspecified atom stereocenters. The highest BCUT2D eigenvalue weighted by Crippen LogP contribution is 2.30. The largest absolute Gasteiger partial charge is 0.505 e. The van der Waals surface area contributed by atoms with Crippen molar-refractivity contribution < 1.29 is 14.6 Å². The van der Waals surface area contributed by atoms with Gasteiger partial charge < -0.3 is 15.9 Å². The van der Waals surface area contributed by atoms with Gasteiger partial charge >= 0.3 is 0 Å². The molecule has 3 nitrogen and oxygen atoms in total. The van der Waals surface area contributed by atoms with Gasteiger partial charge in [-0.2, -0.15) is 0 Å². The third-order valence-electron chi connectivity index (χ3n) is 1.66. The van der Waals surface area contributed by atoms with Gasteiger partial charge in [-0.3, -0.25) is 0 Å². The number of halogens is 2. The molecule has 13 heavy (non-hydrogen) atoms. The zero-order chi connectivity index (χ0) is 10.0. The van der Waals surface area contributed by atoms with E-state index >= 15 is 0 Å². The average molecular weight is 250 g/mol. The molecule has 1 aromatic carbocycles. The Balaban J connectivity index is 3.25. The van der Waals surface area contributed by atoms with Gasteiger partial charge in [0.2, 0.25) is 0 Å². The van der Waals surface area contributed by atoms with Gasteiger partial charge in [0.05, 0.1) is 6.10 Å². The van der Waals surface area contributed by atoms with Gasteiger partial charge in [-0.1, -0.05) is 15.9 Å². The summed E-state index contributed by atoms with van der Waals surface area (Å²) in [5.41, 5.74) is 5.16. The number of aliphatic hydroxyl groups excluding tert-OH is 1. The molecular formula is C8H9BrFNO2. The lowest BCUT2D eigenvalue weighted by Gasteiger charge is -2.12. The van der Waals surface area contributed by atoms with Gasteiger partial charge in [0.25, 0.3) is 0 Å². The summed E-state index contributed by atoms with van der Waals surface area (Å²) in [5.74, 6) is -1.34. The smallest absolute Gasteiger partial charge is 0.171 e. The molecule has 0 aliphatic heterocycles. The van der Waals surface area contributed by atoms with E-state index in [9.17, 15) is 9.50 Å². The van der Waals surface area contributed by atoms with E-state index < -0.39 is 17.7 Å². The lowest BCUT2D eigenvalue weighted by Crippen LogP contribution is -2.13. The van der Waals surface area contributed by atoms with Crippen LogP contribution in [0.5, 0.6) is 5.75 Å². The fraction of sp³-hybridized carbons (Fsp3) is 0.250. The monoisotopic (exact) mass is 249 g/mol. The molecule has 1 atom stereocenters. The molecule has 0 fully saturated rings. The molecule has 1 aromatic rings. The van der Waals surface area contributed by atoms with Crippen LogP contribution in [0.3, 0.4) is 0 Å². The standard InChI is InChI=1S/C8H9BrFNO2/c9-4-1-2-5(12)8(10)7(4)6(13)3-11/h1-2,6,12-13H,3,11H2. The van der Waals surface area contributed by atoms with Crippen LogP contribution in [0.2, 0.25) is 0 Å². The number of aromatic hydroxyl groups is 1. The van der Waals surface area contributed by atoms with E-state index in [1.54, 1.807) is 0 Å². The van der Waals surface area contributed by atoms with Crippen LogP contribution in [0, 0.1) is 5.82 Å². The van der Waals surface area contributed by atoms with Gasteiger partial charge in [0.1, 0.15) is 0 Å². The summed E-state index contributed by atoms with van der Waals surface area (Å²) < 4.78 is 13.6. The van der Waals surface area contributed by atoms with Crippen molar-refractivity contribution in [2.45, 2.75) is 6.10 Å². The number of nitrogens with two attached hydrogens (primary N) is 1. The van der Waals surface area contributed by atoms with Crippen LogP contribution in [0.15, 0.2) is 16.6 Å². The van der Waals surface area contributed by atoms with E-state index in [2.05, 4.69) is 15.9 Å². The maximum atomic E-state index is 13.2.